The van der Waals surface area contributed by atoms with Gasteiger partial charge in [-0.15, -0.1) is 0 Å². The van der Waals surface area contributed by atoms with E-state index in [1.165, 1.54) is 63.4 Å². The van der Waals surface area contributed by atoms with Gasteiger partial charge in [0.1, 0.15) is 0 Å². The molecule has 4 saturated carbocycles. The van der Waals surface area contributed by atoms with Gasteiger partial charge >= 0.3 is 0 Å². The SMILES string of the molecule is O[C@H](COCCOC12CC3CC(CC(C3)C1)C2)CN1CCC(Cc2ccccc2)CC1. The van der Waals surface area contributed by atoms with E-state index in [0.717, 1.165) is 43.3 Å². The van der Waals surface area contributed by atoms with Gasteiger partial charge in [-0.3, -0.25) is 0 Å². The molecule has 4 heteroatoms. The molecule has 4 bridgehead atoms. The molecule has 1 aromatic carbocycles. The highest BCUT2D eigenvalue weighted by molar-refractivity contribution is 5.15. The lowest BCUT2D eigenvalue weighted by Gasteiger charge is -2.56. The van der Waals surface area contributed by atoms with Gasteiger partial charge in [0.15, 0.2) is 0 Å². The summed E-state index contributed by atoms with van der Waals surface area (Å²) in [5, 5.41) is 10.4. The van der Waals surface area contributed by atoms with Crippen LogP contribution in [-0.4, -0.2) is 61.2 Å². The largest absolute Gasteiger partial charge is 0.389 e. The number of β-amino-alcohol motifs (C(OH)–C–C–N with tert-alkyl or cyclic N) is 1. The number of aliphatic hydroxyl groups is 1. The first-order chi connectivity index (χ1) is 15.2. The van der Waals surface area contributed by atoms with E-state index in [1.54, 1.807) is 0 Å². The van der Waals surface area contributed by atoms with Crippen molar-refractivity contribution < 1.29 is 14.6 Å². The minimum atomic E-state index is -0.398. The van der Waals surface area contributed by atoms with Gasteiger partial charge in [-0.1, -0.05) is 30.3 Å². The Hall–Kier alpha value is -0.940. The van der Waals surface area contributed by atoms with Crippen molar-refractivity contribution in [3.8, 4) is 0 Å². The van der Waals surface area contributed by atoms with E-state index in [-0.39, 0.29) is 5.60 Å². The molecule has 4 nitrogen and oxygen atoms in total. The third-order valence-corrected chi connectivity index (χ3v) is 8.47. The van der Waals surface area contributed by atoms with Crippen molar-refractivity contribution in [1.82, 2.24) is 4.90 Å². The Labute approximate surface area is 188 Å². The Bertz CT molecular complexity index is 650. The number of hydrogen-bond acceptors (Lipinski definition) is 4. The van der Waals surface area contributed by atoms with Gasteiger partial charge in [0.05, 0.1) is 31.5 Å². The highest BCUT2D eigenvalue weighted by Gasteiger charge is 2.51. The standard InChI is InChI=1S/C27H41NO3/c29-26(19-28-8-6-22(7-9-28)12-21-4-2-1-3-5-21)20-30-10-11-31-27-16-23-13-24(17-27)15-25(14-23)18-27/h1-5,22-26,29H,6-20H2/t23?,24?,25?,26-,27?/m0/s1. The van der Waals surface area contributed by atoms with E-state index in [9.17, 15) is 5.11 Å². The quantitative estimate of drug-likeness (QED) is 0.565. The van der Waals surface area contributed by atoms with Crippen molar-refractivity contribution in [2.75, 3.05) is 39.5 Å². The van der Waals surface area contributed by atoms with Crippen LogP contribution in [0.25, 0.3) is 0 Å². The first kappa shape index (κ1) is 21.9. The summed E-state index contributed by atoms with van der Waals surface area (Å²) < 4.78 is 12.2. The molecule has 0 amide bonds. The van der Waals surface area contributed by atoms with Crippen LogP contribution in [0.1, 0.15) is 56.9 Å². The van der Waals surface area contributed by atoms with Gasteiger partial charge in [-0.25, -0.2) is 0 Å². The normalized spacial score (nSPS) is 34.3. The van der Waals surface area contributed by atoms with E-state index >= 15 is 0 Å². The van der Waals surface area contributed by atoms with Crippen LogP contribution >= 0.6 is 0 Å². The average molecular weight is 428 g/mol. The molecule has 5 fully saturated rings. The zero-order chi connectivity index (χ0) is 21.1. The van der Waals surface area contributed by atoms with Gasteiger partial charge in [-0.05, 0) is 100 Å². The van der Waals surface area contributed by atoms with Crippen LogP contribution in [0, 0.1) is 23.7 Å². The third-order valence-electron chi connectivity index (χ3n) is 8.47. The highest BCUT2D eigenvalue weighted by Crippen LogP contribution is 2.57. The Morgan fingerprint density at radius 3 is 2.23 bits per heavy atom. The van der Waals surface area contributed by atoms with Gasteiger partial charge < -0.3 is 19.5 Å². The maximum absolute atomic E-state index is 10.4. The molecule has 0 radical (unpaired) electrons. The molecule has 1 aliphatic heterocycles. The molecule has 5 aliphatic rings. The van der Waals surface area contributed by atoms with Crippen molar-refractivity contribution in [3.63, 3.8) is 0 Å². The minimum Gasteiger partial charge on any atom is -0.389 e. The predicted molar refractivity (Wildman–Crippen MR) is 123 cm³/mol. The lowest BCUT2D eigenvalue weighted by atomic mass is 9.54. The summed E-state index contributed by atoms with van der Waals surface area (Å²) in [4.78, 5) is 2.40. The Kier molecular flexibility index (Phi) is 6.99. The fraction of sp³-hybridized carbons (Fsp3) is 0.778. The van der Waals surface area contributed by atoms with E-state index in [2.05, 4.69) is 35.2 Å². The lowest BCUT2D eigenvalue weighted by Crippen LogP contribution is -2.52. The molecule has 1 saturated heterocycles. The lowest BCUT2D eigenvalue weighted by molar-refractivity contribution is -0.170. The van der Waals surface area contributed by atoms with Crippen LogP contribution in [0.4, 0.5) is 0 Å². The zero-order valence-electron chi connectivity index (χ0n) is 19.1. The van der Waals surface area contributed by atoms with Crippen molar-refractivity contribution in [2.45, 2.75) is 69.5 Å². The molecule has 31 heavy (non-hydrogen) atoms. The smallest absolute Gasteiger partial charge is 0.0900 e. The second-order valence-corrected chi connectivity index (χ2v) is 11.1. The molecule has 6 rings (SSSR count). The predicted octanol–water partition coefficient (Wildman–Crippen LogP) is 4.30. The molecule has 1 N–H and O–H groups in total. The Morgan fingerprint density at radius 2 is 1.58 bits per heavy atom. The Morgan fingerprint density at radius 1 is 0.935 bits per heavy atom. The molecular formula is C27H41NO3. The van der Waals surface area contributed by atoms with Crippen molar-refractivity contribution in [2.24, 2.45) is 23.7 Å². The number of ether oxygens (including phenoxy) is 2. The van der Waals surface area contributed by atoms with Crippen molar-refractivity contribution in [3.05, 3.63) is 35.9 Å². The highest BCUT2D eigenvalue weighted by atomic mass is 16.5. The first-order valence-electron chi connectivity index (χ1n) is 12.8. The van der Waals surface area contributed by atoms with Crippen molar-refractivity contribution >= 4 is 0 Å². The molecule has 0 aromatic heterocycles. The maximum Gasteiger partial charge on any atom is 0.0900 e. The minimum absolute atomic E-state index is 0.167. The molecule has 0 spiro atoms. The number of aliphatic hydroxyl groups excluding tert-OH is 1. The molecule has 1 heterocycles. The maximum atomic E-state index is 10.4. The van der Waals surface area contributed by atoms with Gasteiger partial charge in [0.25, 0.3) is 0 Å². The fourth-order valence-electron chi connectivity index (χ4n) is 7.42. The van der Waals surface area contributed by atoms with Crippen LogP contribution in [0.5, 0.6) is 0 Å². The number of piperidine rings is 1. The number of nitrogens with zero attached hydrogens (tertiary/aromatic N) is 1. The number of hydrogen-bond donors (Lipinski definition) is 1. The second-order valence-electron chi connectivity index (χ2n) is 11.1. The summed E-state index contributed by atoms with van der Waals surface area (Å²) in [5.41, 5.74) is 1.62. The summed E-state index contributed by atoms with van der Waals surface area (Å²) in [7, 11) is 0. The van der Waals surface area contributed by atoms with E-state index in [1.807, 2.05) is 0 Å². The summed E-state index contributed by atoms with van der Waals surface area (Å²) in [6.07, 6.45) is 11.4. The zero-order valence-corrected chi connectivity index (χ0v) is 19.1. The van der Waals surface area contributed by atoms with Gasteiger partial charge in [-0.2, -0.15) is 0 Å². The number of rotatable bonds is 10. The monoisotopic (exact) mass is 427 g/mol. The van der Waals surface area contributed by atoms with E-state index < -0.39 is 6.10 Å². The van der Waals surface area contributed by atoms with Crippen molar-refractivity contribution in [1.29, 1.82) is 0 Å². The molecule has 4 aliphatic carbocycles. The fourth-order valence-corrected chi connectivity index (χ4v) is 7.42. The second kappa shape index (κ2) is 9.91. The van der Waals surface area contributed by atoms with Crippen LogP contribution in [0.2, 0.25) is 0 Å². The topological polar surface area (TPSA) is 41.9 Å². The third kappa shape index (κ3) is 5.71. The summed E-state index contributed by atoms with van der Waals surface area (Å²) in [6.45, 7) is 4.62. The van der Waals surface area contributed by atoms with E-state index in [4.69, 9.17) is 9.47 Å². The Balaban J connectivity index is 0.941. The summed E-state index contributed by atoms with van der Waals surface area (Å²) in [6, 6.07) is 10.8. The van der Waals surface area contributed by atoms with Crippen LogP contribution in [0.3, 0.4) is 0 Å². The van der Waals surface area contributed by atoms with E-state index in [0.29, 0.717) is 19.8 Å². The molecule has 1 aromatic rings. The number of benzene rings is 1. The van der Waals surface area contributed by atoms with Gasteiger partial charge in [0, 0.05) is 6.54 Å². The molecule has 1 atom stereocenters. The average Bonchev–Trinajstić information content (AvgIpc) is 2.75. The number of likely N-dealkylation sites (tertiary alicyclic amines) is 1. The van der Waals surface area contributed by atoms with Crippen LogP contribution < -0.4 is 0 Å². The first-order valence-corrected chi connectivity index (χ1v) is 12.8. The summed E-state index contributed by atoms with van der Waals surface area (Å²) in [5.74, 6) is 3.54. The van der Waals surface area contributed by atoms with Crippen LogP contribution in [-0.2, 0) is 15.9 Å². The molecular weight excluding hydrogens is 386 g/mol. The van der Waals surface area contributed by atoms with Crippen LogP contribution in [0.15, 0.2) is 30.3 Å². The molecule has 0 unspecified atom stereocenters. The molecule has 172 valence electrons. The summed E-state index contributed by atoms with van der Waals surface area (Å²) >= 11 is 0. The van der Waals surface area contributed by atoms with Gasteiger partial charge in [0.2, 0.25) is 0 Å².